The first-order valence-electron chi connectivity index (χ1n) is 9.09. The number of halogens is 1. The van der Waals surface area contributed by atoms with Gasteiger partial charge in [-0.2, -0.15) is 0 Å². The number of hydrogen-bond acceptors (Lipinski definition) is 3. The summed E-state index contributed by atoms with van der Waals surface area (Å²) in [5, 5.41) is 3.18. The van der Waals surface area contributed by atoms with Crippen LogP contribution in [0, 0.1) is 0 Å². The number of ether oxygens (including phenoxy) is 1. The largest absolute Gasteiger partial charge is 0.482 e. The van der Waals surface area contributed by atoms with Crippen LogP contribution in [0.5, 0.6) is 5.75 Å². The Bertz CT molecular complexity index is 992. The average Bonchev–Trinajstić information content (AvgIpc) is 2.73. The van der Waals surface area contributed by atoms with Crippen LogP contribution < -0.4 is 10.1 Å². The first-order valence-corrected chi connectivity index (χ1v) is 9.47. The summed E-state index contributed by atoms with van der Waals surface area (Å²) in [6, 6.07) is 23.5. The van der Waals surface area contributed by atoms with Crippen LogP contribution in [0.2, 0.25) is 5.02 Å². The third-order valence-corrected chi connectivity index (χ3v) is 4.51. The molecule has 0 saturated carbocycles. The standard InChI is InChI=1S/C23H21ClN2O3/c1-26(15-17-8-3-2-4-9-17)23(28)18-10-7-11-19(14-18)25-22(27)16-29-21-13-6-5-12-20(21)24/h2-14H,15-16H2,1H3,(H,25,27). The highest BCUT2D eigenvalue weighted by atomic mass is 35.5. The number of carbonyl (C=O) groups excluding carboxylic acids is 2. The molecule has 0 radical (unpaired) electrons. The first-order chi connectivity index (χ1) is 14.0. The van der Waals surface area contributed by atoms with Crippen LogP contribution in [0.4, 0.5) is 5.69 Å². The Labute approximate surface area is 174 Å². The van der Waals surface area contributed by atoms with Gasteiger partial charge >= 0.3 is 0 Å². The summed E-state index contributed by atoms with van der Waals surface area (Å²) in [5.74, 6) is -0.0276. The van der Waals surface area contributed by atoms with Crippen molar-refractivity contribution in [2.45, 2.75) is 6.54 Å². The van der Waals surface area contributed by atoms with E-state index in [1.54, 1.807) is 60.5 Å². The van der Waals surface area contributed by atoms with Gasteiger partial charge in [-0.25, -0.2) is 0 Å². The number of rotatable bonds is 7. The second-order valence-corrected chi connectivity index (χ2v) is 6.90. The van der Waals surface area contributed by atoms with Gasteiger partial charge in [0, 0.05) is 24.8 Å². The van der Waals surface area contributed by atoms with Gasteiger partial charge in [-0.05, 0) is 35.9 Å². The molecule has 0 aliphatic carbocycles. The van der Waals surface area contributed by atoms with Crippen molar-refractivity contribution in [1.82, 2.24) is 4.90 Å². The van der Waals surface area contributed by atoms with E-state index in [0.717, 1.165) is 5.56 Å². The molecule has 6 heteroatoms. The minimum atomic E-state index is -0.341. The van der Waals surface area contributed by atoms with Crippen LogP contribution in [-0.2, 0) is 11.3 Å². The summed E-state index contributed by atoms with van der Waals surface area (Å²) in [7, 11) is 1.75. The highest BCUT2D eigenvalue weighted by molar-refractivity contribution is 6.32. The van der Waals surface area contributed by atoms with Gasteiger partial charge in [0.15, 0.2) is 6.61 Å². The van der Waals surface area contributed by atoms with Crippen molar-refractivity contribution in [2.24, 2.45) is 0 Å². The van der Waals surface area contributed by atoms with Crippen LogP contribution >= 0.6 is 11.6 Å². The summed E-state index contributed by atoms with van der Waals surface area (Å²) < 4.78 is 5.43. The zero-order valence-corrected chi connectivity index (χ0v) is 16.7. The van der Waals surface area contributed by atoms with Gasteiger partial charge in [-0.3, -0.25) is 9.59 Å². The van der Waals surface area contributed by atoms with Crippen LogP contribution in [0.25, 0.3) is 0 Å². The van der Waals surface area contributed by atoms with Gasteiger partial charge < -0.3 is 15.0 Å². The Kier molecular flexibility index (Phi) is 6.87. The molecule has 2 amide bonds. The van der Waals surface area contributed by atoms with E-state index in [-0.39, 0.29) is 18.4 Å². The van der Waals surface area contributed by atoms with E-state index in [1.807, 2.05) is 30.3 Å². The summed E-state index contributed by atoms with van der Waals surface area (Å²) >= 11 is 6.01. The molecule has 0 aliphatic heterocycles. The first kappa shape index (κ1) is 20.4. The zero-order valence-electron chi connectivity index (χ0n) is 16.0. The van der Waals surface area contributed by atoms with Crippen LogP contribution in [0.15, 0.2) is 78.9 Å². The average molecular weight is 409 g/mol. The lowest BCUT2D eigenvalue weighted by Gasteiger charge is -2.18. The maximum atomic E-state index is 12.7. The second kappa shape index (κ2) is 9.75. The zero-order chi connectivity index (χ0) is 20.6. The molecule has 0 heterocycles. The van der Waals surface area contributed by atoms with Crippen LogP contribution in [0.1, 0.15) is 15.9 Å². The number of nitrogens with one attached hydrogen (secondary N) is 1. The van der Waals surface area contributed by atoms with E-state index < -0.39 is 0 Å². The minimum absolute atomic E-state index is 0.128. The molecule has 0 aromatic heterocycles. The minimum Gasteiger partial charge on any atom is -0.482 e. The lowest BCUT2D eigenvalue weighted by atomic mass is 10.1. The summed E-state index contributed by atoms with van der Waals surface area (Å²) in [6.07, 6.45) is 0. The van der Waals surface area contributed by atoms with Crippen molar-refractivity contribution in [3.8, 4) is 5.75 Å². The predicted octanol–water partition coefficient (Wildman–Crippen LogP) is 4.63. The molecule has 0 aliphatic rings. The number of para-hydroxylation sites is 1. The SMILES string of the molecule is CN(Cc1ccccc1)C(=O)c1cccc(NC(=O)COc2ccccc2Cl)c1. The molecule has 3 rings (SSSR count). The number of amides is 2. The highest BCUT2D eigenvalue weighted by Gasteiger charge is 2.13. The molecule has 3 aromatic rings. The molecule has 148 valence electrons. The molecule has 5 nitrogen and oxygen atoms in total. The van der Waals surface area contributed by atoms with Gasteiger partial charge in [-0.1, -0.05) is 60.1 Å². The van der Waals surface area contributed by atoms with Gasteiger partial charge in [0.05, 0.1) is 5.02 Å². The number of benzene rings is 3. The summed E-state index contributed by atoms with van der Waals surface area (Å²) in [6.45, 7) is 0.317. The normalized spacial score (nSPS) is 10.3. The fourth-order valence-electron chi connectivity index (χ4n) is 2.78. The molecule has 1 N–H and O–H groups in total. The van der Waals surface area contributed by atoms with Crippen molar-refractivity contribution in [3.63, 3.8) is 0 Å². The van der Waals surface area contributed by atoms with E-state index in [1.165, 1.54) is 0 Å². The number of carbonyl (C=O) groups is 2. The number of nitrogens with zero attached hydrogens (tertiary/aromatic N) is 1. The molecular weight excluding hydrogens is 388 g/mol. The van der Waals surface area contributed by atoms with Crippen molar-refractivity contribution in [1.29, 1.82) is 0 Å². The van der Waals surface area contributed by atoms with E-state index >= 15 is 0 Å². The molecule has 29 heavy (non-hydrogen) atoms. The lowest BCUT2D eigenvalue weighted by Crippen LogP contribution is -2.26. The topological polar surface area (TPSA) is 58.6 Å². The van der Waals surface area contributed by atoms with Gasteiger partial charge in [0.1, 0.15) is 5.75 Å². The van der Waals surface area contributed by atoms with Crippen molar-refractivity contribution >= 4 is 29.1 Å². The number of anilines is 1. The Hall–Kier alpha value is -3.31. The fourth-order valence-corrected chi connectivity index (χ4v) is 2.97. The van der Waals surface area contributed by atoms with Crippen molar-refractivity contribution in [2.75, 3.05) is 19.0 Å². The maximum Gasteiger partial charge on any atom is 0.262 e. The van der Waals surface area contributed by atoms with E-state index in [2.05, 4.69) is 5.32 Å². The van der Waals surface area contributed by atoms with Crippen molar-refractivity contribution in [3.05, 3.63) is 95.0 Å². The number of hydrogen-bond donors (Lipinski definition) is 1. The molecule has 0 saturated heterocycles. The molecule has 0 spiro atoms. The molecule has 3 aromatic carbocycles. The van der Waals surface area contributed by atoms with E-state index in [0.29, 0.717) is 28.6 Å². The van der Waals surface area contributed by atoms with E-state index in [4.69, 9.17) is 16.3 Å². The van der Waals surface area contributed by atoms with Gasteiger partial charge in [0.25, 0.3) is 11.8 Å². The quantitative estimate of drug-likeness (QED) is 0.620. The van der Waals surface area contributed by atoms with Crippen LogP contribution in [-0.4, -0.2) is 30.4 Å². The van der Waals surface area contributed by atoms with Gasteiger partial charge in [-0.15, -0.1) is 0 Å². The maximum absolute atomic E-state index is 12.7. The Morgan fingerprint density at radius 2 is 1.69 bits per heavy atom. The third kappa shape index (κ3) is 5.83. The highest BCUT2D eigenvalue weighted by Crippen LogP contribution is 2.23. The van der Waals surface area contributed by atoms with Crippen LogP contribution in [0.3, 0.4) is 0 Å². The molecule has 0 unspecified atom stereocenters. The molecule has 0 atom stereocenters. The Balaban J connectivity index is 1.59. The van der Waals surface area contributed by atoms with Crippen molar-refractivity contribution < 1.29 is 14.3 Å². The Morgan fingerprint density at radius 3 is 2.45 bits per heavy atom. The third-order valence-electron chi connectivity index (χ3n) is 4.20. The fraction of sp³-hybridized carbons (Fsp3) is 0.130. The molecule has 0 bridgehead atoms. The smallest absolute Gasteiger partial charge is 0.262 e. The van der Waals surface area contributed by atoms with E-state index in [9.17, 15) is 9.59 Å². The monoisotopic (exact) mass is 408 g/mol. The predicted molar refractivity (Wildman–Crippen MR) is 114 cm³/mol. The summed E-state index contributed by atoms with van der Waals surface area (Å²) in [4.78, 5) is 26.5. The molecular formula is C23H21ClN2O3. The summed E-state index contributed by atoms with van der Waals surface area (Å²) in [5.41, 5.74) is 2.06. The van der Waals surface area contributed by atoms with Gasteiger partial charge in [0.2, 0.25) is 0 Å². The Morgan fingerprint density at radius 1 is 0.966 bits per heavy atom. The lowest BCUT2D eigenvalue weighted by molar-refractivity contribution is -0.118. The second-order valence-electron chi connectivity index (χ2n) is 6.49. The molecule has 0 fully saturated rings.